The molecule has 4 heteroatoms. The van der Waals surface area contributed by atoms with Crippen molar-refractivity contribution in [2.45, 2.75) is 4.83 Å². The predicted molar refractivity (Wildman–Crippen MR) is 31.6 cm³/mol. The fraction of sp³-hybridized carbons (Fsp3) is 0.333. The van der Waals surface area contributed by atoms with Gasteiger partial charge in [-0.25, -0.2) is 4.21 Å². The van der Waals surface area contributed by atoms with Crippen molar-refractivity contribution in [1.82, 2.24) is 0 Å². The molecular weight excluding hydrogens is 180 g/mol. The summed E-state index contributed by atoms with van der Waals surface area (Å²) in [5, 5.41) is 0. The molecule has 40 valence electrons. The Kier molecular flexibility index (Phi) is 1.32. The van der Waals surface area contributed by atoms with Crippen molar-refractivity contribution in [2.75, 3.05) is 0 Å². The van der Waals surface area contributed by atoms with Gasteiger partial charge in [0, 0.05) is 0 Å². The molecule has 1 N–H and O–H groups in total. The Hall–Kier alpha value is 0.330. The van der Waals surface area contributed by atoms with Crippen molar-refractivity contribution in [3.63, 3.8) is 0 Å². The second-order valence-corrected chi connectivity index (χ2v) is 3.18. The molecule has 0 aromatic heterocycles. The monoisotopic (exact) mass is 182 g/mol. The molecule has 7 heavy (non-hydrogen) atoms. The smallest absolute Gasteiger partial charge is 0.183 e. The highest BCUT2D eigenvalue weighted by molar-refractivity contribution is 9.10. The summed E-state index contributed by atoms with van der Waals surface area (Å²) in [5.74, 6) is 0. The second-order valence-electron chi connectivity index (χ2n) is 1.22. The standard InChI is InChI=1S/C3H3BrO2S/c4-2-1-3(2)7(5)6/h1-2H,(H,5,6). The van der Waals surface area contributed by atoms with Crippen LogP contribution < -0.4 is 0 Å². The number of alkyl halides is 1. The van der Waals surface area contributed by atoms with Crippen molar-refractivity contribution < 1.29 is 8.76 Å². The lowest BCUT2D eigenvalue weighted by Gasteiger charge is -1.78. The fourth-order valence-corrected chi connectivity index (χ4v) is 1.64. The van der Waals surface area contributed by atoms with Crippen LogP contribution in [-0.2, 0) is 11.1 Å². The molecule has 0 aromatic rings. The van der Waals surface area contributed by atoms with Gasteiger partial charge in [0.2, 0.25) is 0 Å². The minimum Gasteiger partial charge on any atom is -0.302 e. The Morgan fingerprint density at radius 3 is 2.43 bits per heavy atom. The molecule has 0 radical (unpaired) electrons. The molecule has 1 aliphatic rings. The molecular formula is C3H3BrO2S. The molecule has 0 spiro atoms. The summed E-state index contributed by atoms with van der Waals surface area (Å²) < 4.78 is 18.2. The SMILES string of the molecule is O=S(O)C1=CC1Br. The van der Waals surface area contributed by atoms with E-state index in [1.54, 1.807) is 6.08 Å². The number of hydrogen-bond acceptors (Lipinski definition) is 1. The van der Waals surface area contributed by atoms with Gasteiger partial charge in [-0.3, -0.25) is 0 Å². The number of rotatable bonds is 1. The zero-order valence-electron chi connectivity index (χ0n) is 3.30. The third kappa shape index (κ3) is 1.11. The minimum absolute atomic E-state index is 0.0957. The Labute approximate surface area is 52.0 Å². The van der Waals surface area contributed by atoms with Crippen molar-refractivity contribution in [3.8, 4) is 0 Å². The molecule has 0 aromatic carbocycles. The van der Waals surface area contributed by atoms with Crippen LogP contribution in [0.2, 0.25) is 0 Å². The van der Waals surface area contributed by atoms with E-state index < -0.39 is 11.1 Å². The van der Waals surface area contributed by atoms with E-state index in [0.29, 0.717) is 4.91 Å². The van der Waals surface area contributed by atoms with Gasteiger partial charge in [0.05, 0.1) is 9.73 Å². The lowest BCUT2D eigenvalue weighted by atomic mass is 10.9. The van der Waals surface area contributed by atoms with Gasteiger partial charge in [0.1, 0.15) is 0 Å². The van der Waals surface area contributed by atoms with Crippen LogP contribution in [0, 0.1) is 0 Å². The Morgan fingerprint density at radius 1 is 2.00 bits per heavy atom. The first kappa shape index (κ1) is 5.47. The molecule has 1 rings (SSSR count). The van der Waals surface area contributed by atoms with Gasteiger partial charge in [-0.15, -0.1) is 0 Å². The number of halogens is 1. The number of allylic oxidation sites excluding steroid dienone is 2. The Morgan fingerprint density at radius 2 is 2.43 bits per heavy atom. The van der Waals surface area contributed by atoms with E-state index in [2.05, 4.69) is 15.9 Å². The molecule has 0 saturated heterocycles. The summed E-state index contributed by atoms with van der Waals surface area (Å²) in [6.45, 7) is 0. The van der Waals surface area contributed by atoms with E-state index in [1.165, 1.54) is 0 Å². The van der Waals surface area contributed by atoms with Gasteiger partial charge in [-0.05, 0) is 6.08 Å². The van der Waals surface area contributed by atoms with Crippen molar-refractivity contribution >= 4 is 27.0 Å². The van der Waals surface area contributed by atoms with E-state index in [-0.39, 0.29) is 4.83 Å². The van der Waals surface area contributed by atoms with E-state index >= 15 is 0 Å². The third-order valence-corrected chi connectivity index (χ3v) is 2.53. The van der Waals surface area contributed by atoms with Gasteiger partial charge in [0.15, 0.2) is 11.1 Å². The Bertz CT molecular complexity index is 142. The van der Waals surface area contributed by atoms with Crippen LogP contribution in [0.15, 0.2) is 11.0 Å². The van der Waals surface area contributed by atoms with Crippen molar-refractivity contribution in [3.05, 3.63) is 11.0 Å². The first-order valence-electron chi connectivity index (χ1n) is 1.68. The maximum Gasteiger partial charge on any atom is 0.183 e. The zero-order chi connectivity index (χ0) is 5.44. The maximum absolute atomic E-state index is 9.98. The summed E-state index contributed by atoms with van der Waals surface area (Å²) in [6.07, 6.45) is 1.69. The van der Waals surface area contributed by atoms with Crippen LogP contribution in [0.5, 0.6) is 0 Å². The first-order chi connectivity index (χ1) is 3.22. The third-order valence-electron chi connectivity index (χ3n) is 0.675. The summed E-state index contributed by atoms with van der Waals surface area (Å²) in [4.78, 5) is 0.679. The molecule has 0 saturated carbocycles. The van der Waals surface area contributed by atoms with Crippen LogP contribution in [0.25, 0.3) is 0 Å². The predicted octanol–water partition coefficient (Wildman–Crippen LogP) is 0.869. The van der Waals surface area contributed by atoms with Gasteiger partial charge >= 0.3 is 0 Å². The van der Waals surface area contributed by atoms with Gasteiger partial charge in [0.25, 0.3) is 0 Å². The van der Waals surface area contributed by atoms with Gasteiger partial charge in [-0.2, -0.15) is 0 Å². The minimum atomic E-state index is -1.72. The molecule has 2 nitrogen and oxygen atoms in total. The van der Waals surface area contributed by atoms with E-state index in [9.17, 15) is 4.21 Å². The Balaban J connectivity index is 2.48. The highest BCUT2D eigenvalue weighted by Crippen LogP contribution is 2.30. The number of hydrogen-bond donors (Lipinski definition) is 1. The molecule has 1 aliphatic carbocycles. The normalized spacial score (nSPS) is 31.7. The van der Waals surface area contributed by atoms with Crippen LogP contribution in [0.1, 0.15) is 0 Å². The van der Waals surface area contributed by atoms with Crippen LogP contribution in [-0.4, -0.2) is 13.6 Å². The van der Waals surface area contributed by atoms with Crippen LogP contribution in [0.3, 0.4) is 0 Å². The molecule has 0 fully saturated rings. The summed E-state index contributed by atoms with van der Waals surface area (Å²) in [6, 6.07) is 0. The largest absolute Gasteiger partial charge is 0.302 e. The molecule has 0 aliphatic heterocycles. The maximum atomic E-state index is 9.98. The topological polar surface area (TPSA) is 37.3 Å². The van der Waals surface area contributed by atoms with Gasteiger partial charge < -0.3 is 4.55 Å². The lowest BCUT2D eigenvalue weighted by Crippen LogP contribution is -1.83. The van der Waals surface area contributed by atoms with Crippen molar-refractivity contribution in [2.24, 2.45) is 0 Å². The summed E-state index contributed by atoms with van der Waals surface area (Å²) in [5.41, 5.74) is 0. The highest BCUT2D eigenvalue weighted by Gasteiger charge is 2.25. The average Bonchev–Trinajstić information content (AvgIpc) is 2.17. The zero-order valence-corrected chi connectivity index (χ0v) is 5.70. The summed E-state index contributed by atoms with van der Waals surface area (Å²) >= 11 is 1.38. The molecule has 0 bridgehead atoms. The fourth-order valence-electron chi connectivity index (χ4n) is 0.251. The molecule has 0 heterocycles. The quantitative estimate of drug-likeness (QED) is 0.483. The van der Waals surface area contributed by atoms with E-state index in [4.69, 9.17) is 4.55 Å². The summed E-state index contributed by atoms with van der Waals surface area (Å²) in [7, 11) is 0. The molecule has 0 amide bonds. The van der Waals surface area contributed by atoms with Crippen molar-refractivity contribution in [1.29, 1.82) is 0 Å². The second kappa shape index (κ2) is 1.69. The van der Waals surface area contributed by atoms with Crippen LogP contribution >= 0.6 is 15.9 Å². The van der Waals surface area contributed by atoms with E-state index in [0.717, 1.165) is 0 Å². The highest BCUT2D eigenvalue weighted by atomic mass is 79.9. The first-order valence-corrected chi connectivity index (χ1v) is 3.70. The molecule has 2 unspecified atom stereocenters. The molecule has 2 atom stereocenters. The van der Waals surface area contributed by atoms with Gasteiger partial charge in [-0.1, -0.05) is 15.9 Å². The van der Waals surface area contributed by atoms with Crippen LogP contribution in [0.4, 0.5) is 0 Å². The lowest BCUT2D eigenvalue weighted by molar-refractivity contribution is 0.572. The average molecular weight is 183 g/mol. The van der Waals surface area contributed by atoms with E-state index in [1.807, 2.05) is 0 Å².